The van der Waals surface area contributed by atoms with Crippen molar-refractivity contribution in [1.82, 2.24) is 14.0 Å². The van der Waals surface area contributed by atoms with Gasteiger partial charge in [0.2, 0.25) is 0 Å². The molecule has 0 aliphatic carbocycles. The summed E-state index contributed by atoms with van der Waals surface area (Å²) >= 11 is 0. The molecule has 3 nitrogen and oxygen atoms in total. The maximum absolute atomic E-state index is 5.26. The summed E-state index contributed by atoms with van der Waals surface area (Å²) in [5.74, 6) is 0. The van der Waals surface area contributed by atoms with Gasteiger partial charge < -0.3 is 4.57 Å². The molecule has 53 heavy (non-hydrogen) atoms. The standard InChI is InChI=1S/C49H33N3Si/c1-4-18-35(19-5-1)53(36-20-6-2-7-21-36,37-22-8-3-9-23-37)38-24-16-17-34(33-38)51-44-28-13-10-25-39(44)40-31-32-42-47(48(40)51)41-26-11-14-29-45(41)52-46-30-15-12-27-43(46)50-49(42)52/h1-33H. The average molecular weight is 692 g/mol. The molecule has 0 aliphatic heterocycles. The molecule has 0 radical (unpaired) electrons. The van der Waals surface area contributed by atoms with Gasteiger partial charge in [-0.15, -0.1) is 0 Å². The molecule has 0 amide bonds. The quantitative estimate of drug-likeness (QED) is 0.100. The SMILES string of the molecule is c1ccc([Si](c2ccccc2)(c2ccccc2)c2cccc(-n3c4ccccc4c4ccc5c(c6ccccc6n6c7ccccc7nc56)c43)c2)cc1. The van der Waals surface area contributed by atoms with Crippen molar-refractivity contribution >= 4 is 89.0 Å². The number of hydrogen-bond acceptors (Lipinski definition) is 1. The fraction of sp³-hybridized carbons (Fsp3) is 0. The Morgan fingerprint density at radius 2 is 0.906 bits per heavy atom. The number of aromatic nitrogens is 3. The van der Waals surface area contributed by atoms with E-state index < -0.39 is 8.07 Å². The van der Waals surface area contributed by atoms with Gasteiger partial charge in [0.15, 0.2) is 8.07 Å². The predicted octanol–water partition coefficient (Wildman–Crippen LogP) is 9.27. The molecule has 0 bridgehead atoms. The fourth-order valence-corrected chi connectivity index (χ4v) is 13.8. The highest BCUT2D eigenvalue weighted by molar-refractivity contribution is 7.19. The van der Waals surface area contributed by atoms with Gasteiger partial charge in [-0.3, -0.25) is 4.40 Å². The van der Waals surface area contributed by atoms with Crippen LogP contribution in [0.15, 0.2) is 200 Å². The Labute approximate surface area is 307 Å². The van der Waals surface area contributed by atoms with Crippen LogP contribution in [0.5, 0.6) is 0 Å². The first-order valence-corrected chi connectivity index (χ1v) is 20.2. The van der Waals surface area contributed by atoms with Gasteiger partial charge in [-0.1, -0.05) is 158 Å². The molecule has 0 saturated heterocycles. The molecule has 0 aliphatic rings. The van der Waals surface area contributed by atoms with Gasteiger partial charge >= 0.3 is 0 Å². The third kappa shape index (κ3) is 4.24. The molecule has 3 aromatic heterocycles. The van der Waals surface area contributed by atoms with Gasteiger partial charge in [-0.25, -0.2) is 4.98 Å². The second-order valence-electron chi connectivity index (χ2n) is 13.9. The Bertz CT molecular complexity index is 3070. The average Bonchev–Trinajstić information content (AvgIpc) is 3.79. The third-order valence-corrected chi connectivity index (χ3v) is 16.0. The molecular weight excluding hydrogens is 659 g/mol. The Hall–Kier alpha value is -6.75. The highest BCUT2D eigenvalue weighted by Crippen LogP contribution is 2.41. The summed E-state index contributed by atoms with van der Waals surface area (Å²) in [6.07, 6.45) is 0. The van der Waals surface area contributed by atoms with Crippen LogP contribution in [0.25, 0.3) is 65.8 Å². The number of imidazole rings is 1. The summed E-state index contributed by atoms with van der Waals surface area (Å²) in [4.78, 5) is 5.26. The Balaban J connectivity index is 1.30. The molecule has 248 valence electrons. The fourth-order valence-electron chi connectivity index (χ4n) is 9.06. The van der Waals surface area contributed by atoms with Crippen molar-refractivity contribution in [3.05, 3.63) is 200 Å². The maximum Gasteiger partial charge on any atom is 0.179 e. The van der Waals surface area contributed by atoms with E-state index in [0.29, 0.717) is 0 Å². The maximum atomic E-state index is 5.26. The lowest BCUT2D eigenvalue weighted by Crippen LogP contribution is -2.74. The minimum atomic E-state index is -2.76. The van der Waals surface area contributed by atoms with Crippen LogP contribution in [0.4, 0.5) is 0 Å². The van der Waals surface area contributed by atoms with Crippen molar-refractivity contribution in [2.24, 2.45) is 0 Å². The van der Waals surface area contributed by atoms with Crippen molar-refractivity contribution in [1.29, 1.82) is 0 Å². The summed E-state index contributed by atoms with van der Waals surface area (Å²) in [6.45, 7) is 0. The molecular formula is C49H33N3Si. The van der Waals surface area contributed by atoms with Gasteiger partial charge in [0.05, 0.1) is 27.6 Å². The normalized spacial score (nSPS) is 12.2. The second kappa shape index (κ2) is 11.6. The lowest BCUT2D eigenvalue weighted by atomic mass is 10.0. The summed E-state index contributed by atoms with van der Waals surface area (Å²) in [5.41, 5.74) is 7.81. The minimum absolute atomic E-state index is 0.982. The Kier molecular flexibility index (Phi) is 6.57. The van der Waals surface area contributed by atoms with Crippen LogP contribution in [0.1, 0.15) is 0 Å². The van der Waals surface area contributed by atoms with Crippen molar-refractivity contribution in [2.45, 2.75) is 0 Å². The van der Waals surface area contributed by atoms with Crippen LogP contribution >= 0.6 is 0 Å². The minimum Gasteiger partial charge on any atom is -0.309 e. The van der Waals surface area contributed by atoms with Gasteiger partial charge in [0, 0.05) is 32.6 Å². The molecule has 0 spiro atoms. The summed E-state index contributed by atoms with van der Waals surface area (Å²) < 4.78 is 4.86. The lowest BCUT2D eigenvalue weighted by molar-refractivity contribution is 1.19. The molecule has 3 heterocycles. The Morgan fingerprint density at radius 1 is 0.377 bits per heavy atom. The first-order chi connectivity index (χ1) is 26.3. The van der Waals surface area contributed by atoms with E-state index in [0.717, 1.165) is 33.3 Å². The van der Waals surface area contributed by atoms with E-state index in [1.54, 1.807) is 0 Å². The highest BCUT2D eigenvalue weighted by Gasteiger charge is 2.41. The van der Waals surface area contributed by atoms with Crippen LogP contribution in [0.3, 0.4) is 0 Å². The number of nitrogens with zero attached hydrogens (tertiary/aromatic N) is 3. The molecule has 4 heteroatoms. The summed E-state index contributed by atoms with van der Waals surface area (Å²) in [7, 11) is -2.76. The number of rotatable bonds is 5. The van der Waals surface area contributed by atoms with E-state index in [1.807, 2.05) is 0 Å². The Morgan fingerprint density at radius 3 is 1.58 bits per heavy atom. The van der Waals surface area contributed by atoms with Gasteiger partial charge in [-0.05, 0) is 63.2 Å². The topological polar surface area (TPSA) is 22.2 Å². The summed E-state index contributed by atoms with van der Waals surface area (Å²) in [6, 6.07) is 73.7. The smallest absolute Gasteiger partial charge is 0.179 e. The van der Waals surface area contributed by atoms with Crippen LogP contribution in [0.2, 0.25) is 0 Å². The molecule has 0 unspecified atom stereocenters. The van der Waals surface area contributed by atoms with E-state index in [-0.39, 0.29) is 0 Å². The molecule has 8 aromatic carbocycles. The largest absolute Gasteiger partial charge is 0.309 e. The van der Waals surface area contributed by atoms with E-state index in [2.05, 4.69) is 209 Å². The zero-order valence-corrected chi connectivity index (χ0v) is 29.9. The molecule has 11 rings (SSSR count). The van der Waals surface area contributed by atoms with E-state index in [1.165, 1.54) is 53.3 Å². The first kappa shape index (κ1) is 29.9. The van der Waals surface area contributed by atoms with E-state index >= 15 is 0 Å². The first-order valence-electron chi connectivity index (χ1n) is 18.2. The molecule has 0 N–H and O–H groups in total. The number of para-hydroxylation sites is 4. The molecule has 0 saturated carbocycles. The van der Waals surface area contributed by atoms with Crippen LogP contribution in [0, 0.1) is 0 Å². The number of pyridine rings is 1. The zero-order chi connectivity index (χ0) is 34.9. The van der Waals surface area contributed by atoms with Crippen molar-refractivity contribution in [2.75, 3.05) is 0 Å². The predicted molar refractivity (Wildman–Crippen MR) is 226 cm³/mol. The van der Waals surface area contributed by atoms with Gasteiger partial charge in [0.1, 0.15) is 5.65 Å². The van der Waals surface area contributed by atoms with Crippen molar-refractivity contribution in [3.63, 3.8) is 0 Å². The highest BCUT2D eigenvalue weighted by atomic mass is 28.3. The summed E-state index contributed by atoms with van der Waals surface area (Å²) in [5, 5.41) is 11.5. The molecule has 11 aromatic rings. The number of benzene rings is 8. The second-order valence-corrected chi connectivity index (χ2v) is 17.7. The zero-order valence-electron chi connectivity index (χ0n) is 28.9. The lowest BCUT2D eigenvalue weighted by Gasteiger charge is -2.34. The van der Waals surface area contributed by atoms with Crippen molar-refractivity contribution < 1.29 is 0 Å². The van der Waals surface area contributed by atoms with Gasteiger partial charge in [0.25, 0.3) is 0 Å². The van der Waals surface area contributed by atoms with Crippen LogP contribution < -0.4 is 20.7 Å². The molecule has 0 atom stereocenters. The van der Waals surface area contributed by atoms with Crippen molar-refractivity contribution in [3.8, 4) is 5.69 Å². The van der Waals surface area contributed by atoms with E-state index in [9.17, 15) is 0 Å². The number of fused-ring (bicyclic) bond motifs is 12. The third-order valence-electron chi connectivity index (χ3n) is 11.2. The van der Waals surface area contributed by atoms with Crippen LogP contribution in [-0.2, 0) is 0 Å². The van der Waals surface area contributed by atoms with E-state index in [4.69, 9.17) is 4.98 Å². The monoisotopic (exact) mass is 691 g/mol. The van der Waals surface area contributed by atoms with Gasteiger partial charge in [-0.2, -0.15) is 0 Å². The van der Waals surface area contributed by atoms with Crippen LogP contribution in [-0.4, -0.2) is 22.0 Å². The number of hydrogen-bond donors (Lipinski definition) is 0. The molecule has 0 fully saturated rings.